The molecule has 1 aromatic carbocycles. The maximum Gasteiger partial charge on any atom is 0.166 e. The van der Waals surface area contributed by atoms with Gasteiger partial charge in [-0.3, -0.25) is 4.68 Å². The van der Waals surface area contributed by atoms with Crippen molar-refractivity contribution in [2.24, 2.45) is 7.05 Å². The first-order chi connectivity index (χ1) is 16.5. The van der Waals surface area contributed by atoms with Gasteiger partial charge in [0.05, 0.1) is 22.5 Å². The highest BCUT2D eigenvalue weighted by Crippen LogP contribution is 2.35. The molecule has 8 nitrogen and oxygen atoms in total. The summed E-state index contributed by atoms with van der Waals surface area (Å²) in [6.07, 6.45) is 1.49. The van der Waals surface area contributed by atoms with Crippen LogP contribution in [0.3, 0.4) is 0 Å². The number of hydrogen-bond donors (Lipinski definition) is 4. The van der Waals surface area contributed by atoms with Crippen LogP contribution in [-0.4, -0.2) is 42.3 Å². The van der Waals surface area contributed by atoms with Crippen LogP contribution in [0.1, 0.15) is 37.1 Å². The molecular weight excluding hydrogens is 454 g/mol. The van der Waals surface area contributed by atoms with E-state index in [1.807, 2.05) is 19.9 Å². The van der Waals surface area contributed by atoms with Gasteiger partial charge < -0.3 is 20.5 Å². The lowest BCUT2D eigenvalue weighted by Gasteiger charge is -2.34. The highest BCUT2D eigenvalue weighted by Gasteiger charge is 2.35. The lowest BCUT2D eigenvalue weighted by atomic mass is 9.79. The highest BCUT2D eigenvalue weighted by atomic mass is 19.1. The van der Waals surface area contributed by atoms with E-state index >= 15 is 4.39 Å². The van der Waals surface area contributed by atoms with Crippen molar-refractivity contribution in [1.29, 1.82) is 5.26 Å². The van der Waals surface area contributed by atoms with Crippen LogP contribution >= 0.6 is 0 Å². The van der Waals surface area contributed by atoms with Crippen LogP contribution in [0, 0.1) is 29.9 Å². The standard InChI is InChI=1S/C25H26F2N6O2/c1-13-7-15-16(12-29-23(15)17(26)8-13)22-14(11-28)9-18(27)24(31-22)30-20(10-21(34)35)25(2,3)19-5-6-33(4)32-19/h5-9,12,20-21,29,34-35H,10H2,1-4H3,(H,30,31). The number of H-pyrrole nitrogens is 1. The quantitative estimate of drug-likeness (QED) is 0.298. The zero-order chi connectivity index (χ0) is 25.5. The monoisotopic (exact) mass is 480 g/mol. The second-order valence-electron chi connectivity index (χ2n) is 9.21. The summed E-state index contributed by atoms with van der Waals surface area (Å²) in [7, 11) is 1.77. The molecule has 0 aliphatic heterocycles. The number of nitriles is 1. The SMILES string of the molecule is Cc1cc(F)c2[nH]cc(-c3nc(NC(CC(O)O)C(C)(C)c4ccn(C)n4)c(F)cc3C#N)c2c1. The van der Waals surface area contributed by atoms with Gasteiger partial charge in [0.25, 0.3) is 0 Å². The third-order valence-electron chi connectivity index (χ3n) is 6.24. The van der Waals surface area contributed by atoms with Gasteiger partial charge in [-0.25, -0.2) is 13.8 Å². The van der Waals surface area contributed by atoms with Crippen molar-refractivity contribution in [2.75, 3.05) is 5.32 Å². The third kappa shape index (κ3) is 4.60. The average Bonchev–Trinajstić information content (AvgIpc) is 3.40. The summed E-state index contributed by atoms with van der Waals surface area (Å²) in [5.41, 5.74) is 1.45. The van der Waals surface area contributed by atoms with E-state index in [0.717, 1.165) is 6.07 Å². The number of nitrogens with one attached hydrogen (secondary N) is 2. The number of pyridine rings is 1. The Balaban J connectivity index is 1.82. The number of benzene rings is 1. The molecule has 0 saturated heterocycles. The summed E-state index contributed by atoms with van der Waals surface area (Å²) in [5.74, 6) is -1.39. The van der Waals surface area contributed by atoms with Crippen LogP contribution < -0.4 is 5.32 Å². The van der Waals surface area contributed by atoms with Gasteiger partial charge in [0.1, 0.15) is 11.9 Å². The molecule has 0 bridgehead atoms. The fraction of sp³-hybridized carbons (Fsp3) is 0.320. The molecule has 3 heterocycles. The topological polar surface area (TPSA) is 123 Å². The van der Waals surface area contributed by atoms with E-state index in [2.05, 4.69) is 20.4 Å². The summed E-state index contributed by atoms with van der Waals surface area (Å²) in [5, 5.41) is 37.1. The number of nitrogens with zero attached hydrogens (tertiary/aromatic N) is 4. The maximum atomic E-state index is 15.1. The molecule has 0 radical (unpaired) electrons. The van der Waals surface area contributed by atoms with Crippen molar-refractivity contribution in [3.05, 3.63) is 65.1 Å². The first-order valence-corrected chi connectivity index (χ1v) is 11.0. The minimum absolute atomic E-state index is 0.0152. The second-order valence-corrected chi connectivity index (χ2v) is 9.21. The lowest BCUT2D eigenvalue weighted by Crippen LogP contribution is -2.43. The van der Waals surface area contributed by atoms with Gasteiger partial charge in [-0.15, -0.1) is 0 Å². The number of hydrogen-bond acceptors (Lipinski definition) is 6. The number of aromatic nitrogens is 4. The molecule has 0 aliphatic carbocycles. The normalized spacial score (nSPS) is 12.8. The Kier molecular flexibility index (Phi) is 6.32. The molecule has 10 heteroatoms. The average molecular weight is 481 g/mol. The van der Waals surface area contributed by atoms with Crippen molar-refractivity contribution < 1.29 is 19.0 Å². The summed E-state index contributed by atoms with van der Waals surface area (Å²) in [6, 6.07) is 7.29. The van der Waals surface area contributed by atoms with Gasteiger partial charge in [0.2, 0.25) is 0 Å². The Morgan fingerprint density at radius 3 is 2.60 bits per heavy atom. The van der Waals surface area contributed by atoms with Gasteiger partial charge in [0.15, 0.2) is 17.9 Å². The summed E-state index contributed by atoms with van der Waals surface area (Å²) >= 11 is 0. The Bertz CT molecular complexity index is 1430. The van der Waals surface area contributed by atoms with E-state index in [1.54, 1.807) is 37.0 Å². The van der Waals surface area contributed by atoms with Crippen LogP contribution in [-0.2, 0) is 12.5 Å². The minimum atomic E-state index is -1.67. The predicted molar refractivity (Wildman–Crippen MR) is 127 cm³/mol. The molecule has 0 amide bonds. The fourth-order valence-corrected chi connectivity index (χ4v) is 4.25. The highest BCUT2D eigenvalue weighted by molar-refractivity contribution is 5.96. The molecule has 4 rings (SSSR count). The third-order valence-corrected chi connectivity index (χ3v) is 6.24. The zero-order valence-corrected chi connectivity index (χ0v) is 19.8. The molecule has 182 valence electrons. The van der Waals surface area contributed by atoms with Crippen molar-refractivity contribution in [3.8, 4) is 17.3 Å². The number of aliphatic hydroxyl groups is 2. The Labute approximate surface area is 200 Å². The predicted octanol–water partition coefficient (Wildman–Crippen LogP) is 3.88. The smallest absolute Gasteiger partial charge is 0.166 e. The molecule has 35 heavy (non-hydrogen) atoms. The van der Waals surface area contributed by atoms with Gasteiger partial charge in [-0.2, -0.15) is 10.4 Å². The van der Waals surface area contributed by atoms with E-state index in [-0.39, 0.29) is 29.0 Å². The molecule has 0 aliphatic rings. The molecule has 3 aromatic heterocycles. The van der Waals surface area contributed by atoms with E-state index in [0.29, 0.717) is 22.2 Å². The Hall–Kier alpha value is -3.81. The van der Waals surface area contributed by atoms with Crippen LogP contribution in [0.15, 0.2) is 36.7 Å². The van der Waals surface area contributed by atoms with Crippen LogP contribution in [0.25, 0.3) is 22.2 Å². The van der Waals surface area contributed by atoms with Crippen LogP contribution in [0.2, 0.25) is 0 Å². The number of anilines is 1. The van der Waals surface area contributed by atoms with Crippen LogP contribution in [0.4, 0.5) is 14.6 Å². The number of aryl methyl sites for hydroxylation is 2. The van der Waals surface area contributed by atoms with Crippen molar-refractivity contribution in [2.45, 2.75) is 44.9 Å². The molecule has 1 unspecified atom stereocenters. The summed E-state index contributed by atoms with van der Waals surface area (Å²) < 4.78 is 31.2. The van der Waals surface area contributed by atoms with Gasteiger partial charge >= 0.3 is 0 Å². The zero-order valence-electron chi connectivity index (χ0n) is 19.8. The fourth-order valence-electron chi connectivity index (χ4n) is 4.25. The number of halogens is 2. The summed E-state index contributed by atoms with van der Waals surface area (Å²) in [4.78, 5) is 7.28. The van der Waals surface area contributed by atoms with Crippen LogP contribution in [0.5, 0.6) is 0 Å². The van der Waals surface area contributed by atoms with Gasteiger partial charge in [-0.05, 0) is 36.8 Å². The molecule has 4 N–H and O–H groups in total. The van der Waals surface area contributed by atoms with Crippen molar-refractivity contribution >= 4 is 16.7 Å². The lowest BCUT2D eigenvalue weighted by molar-refractivity contribution is -0.0518. The second kappa shape index (κ2) is 9.09. The van der Waals surface area contributed by atoms with E-state index < -0.39 is 29.4 Å². The molecule has 1 atom stereocenters. The van der Waals surface area contributed by atoms with E-state index in [9.17, 15) is 19.9 Å². The number of rotatable bonds is 7. The molecular formula is C25H26F2N6O2. The van der Waals surface area contributed by atoms with Gasteiger partial charge in [-0.1, -0.05) is 13.8 Å². The van der Waals surface area contributed by atoms with E-state index in [1.165, 1.54) is 12.3 Å². The first kappa shape index (κ1) is 24.3. The molecule has 0 fully saturated rings. The maximum absolute atomic E-state index is 15.1. The Morgan fingerprint density at radius 2 is 1.97 bits per heavy atom. The molecule has 4 aromatic rings. The number of aliphatic hydroxyl groups excluding tert-OH is 1. The summed E-state index contributed by atoms with van der Waals surface area (Å²) in [6.45, 7) is 5.45. The van der Waals surface area contributed by atoms with Crippen molar-refractivity contribution in [1.82, 2.24) is 19.7 Å². The number of aromatic amines is 1. The largest absolute Gasteiger partial charge is 0.368 e. The van der Waals surface area contributed by atoms with Gasteiger partial charge in [0, 0.05) is 48.3 Å². The van der Waals surface area contributed by atoms with Crippen molar-refractivity contribution in [3.63, 3.8) is 0 Å². The minimum Gasteiger partial charge on any atom is -0.368 e. The number of fused-ring (bicyclic) bond motifs is 1. The van der Waals surface area contributed by atoms with E-state index in [4.69, 9.17) is 0 Å². The Morgan fingerprint density at radius 1 is 1.23 bits per heavy atom. The molecule has 0 spiro atoms. The first-order valence-electron chi connectivity index (χ1n) is 11.0. The molecule has 0 saturated carbocycles.